The standard InChI is InChI=1S/C18H27Cl2NO/c1-2-3-5-11-21-12-6-4-7-15(21)10-13-22-16-8-9-17(19)18(20)14-16/h8-9,14-15H,2-7,10-13H2,1H3. The summed E-state index contributed by atoms with van der Waals surface area (Å²) in [5, 5.41) is 1.13. The van der Waals surface area contributed by atoms with Crippen molar-refractivity contribution < 1.29 is 4.74 Å². The highest BCUT2D eigenvalue weighted by molar-refractivity contribution is 6.42. The first-order valence-corrected chi connectivity index (χ1v) is 9.28. The van der Waals surface area contributed by atoms with E-state index in [2.05, 4.69) is 11.8 Å². The molecule has 1 atom stereocenters. The molecule has 0 saturated carbocycles. The first kappa shape index (κ1) is 17.9. The lowest BCUT2D eigenvalue weighted by Gasteiger charge is -2.35. The smallest absolute Gasteiger partial charge is 0.120 e. The van der Waals surface area contributed by atoms with Gasteiger partial charge in [-0.2, -0.15) is 0 Å². The first-order valence-electron chi connectivity index (χ1n) is 8.52. The quantitative estimate of drug-likeness (QED) is 0.552. The minimum Gasteiger partial charge on any atom is -0.493 e. The third-order valence-corrected chi connectivity index (χ3v) is 5.15. The van der Waals surface area contributed by atoms with Crippen LogP contribution in [0.1, 0.15) is 51.9 Å². The van der Waals surface area contributed by atoms with E-state index in [9.17, 15) is 0 Å². The number of halogens is 2. The highest BCUT2D eigenvalue weighted by Crippen LogP contribution is 2.27. The predicted molar refractivity (Wildman–Crippen MR) is 95.3 cm³/mol. The molecule has 1 heterocycles. The molecule has 0 amide bonds. The third-order valence-electron chi connectivity index (χ3n) is 4.41. The van der Waals surface area contributed by atoms with Crippen molar-refractivity contribution in [2.45, 2.75) is 57.9 Å². The van der Waals surface area contributed by atoms with Crippen LogP contribution in [0.25, 0.3) is 0 Å². The number of benzene rings is 1. The summed E-state index contributed by atoms with van der Waals surface area (Å²) in [6, 6.07) is 6.14. The minimum atomic E-state index is 0.554. The van der Waals surface area contributed by atoms with Crippen LogP contribution in [-0.4, -0.2) is 30.6 Å². The Kier molecular flexibility index (Phi) is 7.85. The molecule has 2 rings (SSSR count). The van der Waals surface area contributed by atoms with Gasteiger partial charge in [-0.15, -0.1) is 0 Å². The van der Waals surface area contributed by atoms with Gasteiger partial charge >= 0.3 is 0 Å². The second kappa shape index (κ2) is 9.64. The summed E-state index contributed by atoms with van der Waals surface area (Å²) in [6.07, 6.45) is 9.03. The van der Waals surface area contributed by atoms with Crippen molar-refractivity contribution in [2.24, 2.45) is 0 Å². The maximum absolute atomic E-state index is 6.02. The Balaban J connectivity index is 1.76. The molecule has 1 aromatic carbocycles. The monoisotopic (exact) mass is 343 g/mol. The van der Waals surface area contributed by atoms with Gasteiger partial charge in [-0.1, -0.05) is 49.4 Å². The molecule has 2 nitrogen and oxygen atoms in total. The number of rotatable bonds is 8. The number of piperidine rings is 1. The molecule has 4 heteroatoms. The average Bonchev–Trinajstić information content (AvgIpc) is 2.52. The molecule has 0 bridgehead atoms. The lowest BCUT2D eigenvalue weighted by atomic mass is 9.99. The molecule has 0 spiro atoms. The van der Waals surface area contributed by atoms with Gasteiger partial charge in [0.1, 0.15) is 5.75 Å². The van der Waals surface area contributed by atoms with Crippen molar-refractivity contribution in [3.63, 3.8) is 0 Å². The van der Waals surface area contributed by atoms with Crippen LogP contribution in [0.4, 0.5) is 0 Å². The van der Waals surface area contributed by atoms with Gasteiger partial charge in [0, 0.05) is 12.1 Å². The number of ether oxygens (including phenoxy) is 1. The molecule has 0 radical (unpaired) electrons. The van der Waals surface area contributed by atoms with Crippen LogP contribution in [0.5, 0.6) is 5.75 Å². The molecule has 1 aromatic rings. The zero-order valence-electron chi connectivity index (χ0n) is 13.5. The van der Waals surface area contributed by atoms with Crippen LogP contribution >= 0.6 is 23.2 Å². The molecule has 0 aromatic heterocycles. The van der Waals surface area contributed by atoms with E-state index < -0.39 is 0 Å². The first-order chi connectivity index (χ1) is 10.7. The molecule has 1 fully saturated rings. The van der Waals surface area contributed by atoms with Crippen molar-refractivity contribution in [3.05, 3.63) is 28.2 Å². The Bertz CT molecular complexity index is 453. The lowest BCUT2D eigenvalue weighted by Crippen LogP contribution is -2.40. The van der Waals surface area contributed by atoms with Gasteiger partial charge in [-0.25, -0.2) is 0 Å². The van der Waals surface area contributed by atoms with Crippen LogP contribution in [0.3, 0.4) is 0 Å². The number of likely N-dealkylation sites (tertiary alicyclic amines) is 1. The molecule has 124 valence electrons. The van der Waals surface area contributed by atoms with Gasteiger partial charge in [-0.05, 0) is 50.9 Å². The molecule has 0 N–H and O–H groups in total. The summed E-state index contributed by atoms with van der Waals surface area (Å²) in [4.78, 5) is 2.66. The van der Waals surface area contributed by atoms with Crippen LogP contribution in [0.2, 0.25) is 10.0 Å². The van der Waals surface area contributed by atoms with E-state index >= 15 is 0 Å². The van der Waals surface area contributed by atoms with E-state index in [1.54, 1.807) is 12.1 Å². The van der Waals surface area contributed by atoms with E-state index in [0.717, 1.165) is 18.8 Å². The number of hydrogen-bond donors (Lipinski definition) is 0. The average molecular weight is 344 g/mol. The van der Waals surface area contributed by atoms with E-state index in [1.807, 2.05) is 6.07 Å². The zero-order valence-corrected chi connectivity index (χ0v) is 15.0. The van der Waals surface area contributed by atoms with Crippen molar-refractivity contribution in [1.82, 2.24) is 4.90 Å². The largest absolute Gasteiger partial charge is 0.493 e. The Morgan fingerprint density at radius 1 is 1.18 bits per heavy atom. The van der Waals surface area contributed by atoms with Gasteiger partial charge in [0.2, 0.25) is 0 Å². The Hall–Kier alpha value is -0.440. The topological polar surface area (TPSA) is 12.5 Å². The van der Waals surface area contributed by atoms with Crippen molar-refractivity contribution >= 4 is 23.2 Å². The van der Waals surface area contributed by atoms with E-state index in [0.29, 0.717) is 16.1 Å². The predicted octanol–water partition coefficient (Wildman–Crippen LogP) is 5.81. The van der Waals surface area contributed by atoms with Gasteiger partial charge in [0.15, 0.2) is 0 Å². The van der Waals surface area contributed by atoms with Crippen LogP contribution in [0.15, 0.2) is 18.2 Å². The fourth-order valence-electron chi connectivity index (χ4n) is 3.13. The molecule has 1 saturated heterocycles. The van der Waals surface area contributed by atoms with Crippen LogP contribution in [0, 0.1) is 0 Å². The SMILES string of the molecule is CCCCCN1CCCCC1CCOc1ccc(Cl)c(Cl)c1. The molecular weight excluding hydrogens is 317 g/mol. The van der Waals surface area contributed by atoms with Gasteiger partial charge in [0.05, 0.1) is 16.7 Å². The fraction of sp³-hybridized carbons (Fsp3) is 0.667. The van der Waals surface area contributed by atoms with Gasteiger partial charge in [-0.3, -0.25) is 0 Å². The fourth-order valence-corrected chi connectivity index (χ4v) is 3.41. The van der Waals surface area contributed by atoms with Crippen molar-refractivity contribution in [1.29, 1.82) is 0 Å². The second-order valence-corrected chi connectivity index (χ2v) is 6.92. The number of hydrogen-bond acceptors (Lipinski definition) is 2. The maximum Gasteiger partial charge on any atom is 0.120 e. The van der Waals surface area contributed by atoms with E-state index in [4.69, 9.17) is 27.9 Å². The number of unbranched alkanes of at least 4 members (excludes halogenated alkanes) is 2. The van der Waals surface area contributed by atoms with Gasteiger partial charge < -0.3 is 9.64 Å². The number of nitrogens with zero attached hydrogens (tertiary/aromatic N) is 1. The Labute approximate surface area is 144 Å². The molecule has 22 heavy (non-hydrogen) atoms. The maximum atomic E-state index is 6.02. The van der Waals surface area contributed by atoms with Gasteiger partial charge in [0.25, 0.3) is 0 Å². The van der Waals surface area contributed by atoms with E-state index in [-0.39, 0.29) is 0 Å². The highest BCUT2D eigenvalue weighted by atomic mass is 35.5. The lowest BCUT2D eigenvalue weighted by molar-refractivity contribution is 0.121. The third kappa shape index (κ3) is 5.64. The summed E-state index contributed by atoms with van der Waals surface area (Å²) in [7, 11) is 0. The van der Waals surface area contributed by atoms with Crippen LogP contribution in [-0.2, 0) is 0 Å². The Morgan fingerprint density at radius 3 is 2.82 bits per heavy atom. The molecule has 1 aliphatic heterocycles. The molecule has 0 aliphatic carbocycles. The van der Waals surface area contributed by atoms with Crippen LogP contribution < -0.4 is 4.74 Å². The normalized spacial score (nSPS) is 19.3. The highest BCUT2D eigenvalue weighted by Gasteiger charge is 2.21. The minimum absolute atomic E-state index is 0.554. The molecular formula is C18H27Cl2NO. The summed E-state index contributed by atoms with van der Waals surface area (Å²) < 4.78 is 5.85. The van der Waals surface area contributed by atoms with E-state index in [1.165, 1.54) is 51.6 Å². The molecule has 1 aliphatic rings. The Morgan fingerprint density at radius 2 is 2.05 bits per heavy atom. The summed E-state index contributed by atoms with van der Waals surface area (Å²) in [5.74, 6) is 0.808. The summed E-state index contributed by atoms with van der Waals surface area (Å²) in [6.45, 7) is 5.50. The molecule has 1 unspecified atom stereocenters. The van der Waals surface area contributed by atoms with Crippen molar-refractivity contribution in [3.8, 4) is 5.75 Å². The van der Waals surface area contributed by atoms with Crippen molar-refractivity contribution in [2.75, 3.05) is 19.7 Å². The second-order valence-electron chi connectivity index (χ2n) is 6.11. The summed E-state index contributed by atoms with van der Waals surface area (Å²) in [5.41, 5.74) is 0. The zero-order chi connectivity index (χ0) is 15.8. The summed E-state index contributed by atoms with van der Waals surface area (Å²) >= 11 is 11.9.